The summed E-state index contributed by atoms with van der Waals surface area (Å²) in [6.07, 6.45) is 0. The van der Waals surface area contributed by atoms with Crippen molar-refractivity contribution in [1.29, 1.82) is 0 Å². The van der Waals surface area contributed by atoms with Crippen molar-refractivity contribution in [2.75, 3.05) is 0 Å². The first-order chi connectivity index (χ1) is 15.1. The Morgan fingerprint density at radius 3 is 2.52 bits per heavy atom. The highest BCUT2D eigenvalue weighted by Crippen LogP contribution is 2.26. The molecule has 0 unspecified atom stereocenters. The number of halogens is 2. The molecule has 0 bridgehead atoms. The molecule has 0 aliphatic rings. The molecule has 156 valence electrons. The van der Waals surface area contributed by atoms with Gasteiger partial charge in [-0.15, -0.1) is 10.2 Å². The van der Waals surface area contributed by atoms with Gasteiger partial charge in [-0.25, -0.2) is 4.39 Å². The Balaban J connectivity index is 1.54. The third-order valence-electron chi connectivity index (χ3n) is 4.49. The average molecular weight is 497 g/mol. The van der Waals surface area contributed by atoms with Gasteiger partial charge >= 0.3 is 0 Å². The molecule has 31 heavy (non-hydrogen) atoms. The Labute approximate surface area is 191 Å². The van der Waals surface area contributed by atoms with Crippen LogP contribution in [0.5, 0.6) is 0 Å². The molecule has 1 N–H and O–H groups in total. The number of carbonyl (C=O) groups is 1. The van der Waals surface area contributed by atoms with E-state index < -0.39 is 5.82 Å². The van der Waals surface area contributed by atoms with Crippen LogP contribution in [0.1, 0.15) is 21.7 Å². The Morgan fingerprint density at radius 2 is 1.77 bits per heavy atom. The standard InChI is InChI=1S/C23H18BrFN4OS/c24-18-11-9-16(10-12-18)15-31-23-28-27-21(29(23)20-7-2-1-3-8-20)14-26-22(30)17-5-4-6-19(25)13-17/h1-13H,14-15H2,(H,26,30). The summed E-state index contributed by atoms with van der Waals surface area (Å²) in [4.78, 5) is 12.4. The van der Waals surface area contributed by atoms with Gasteiger partial charge in [-0.2, -0.15) is 0 Å². The molecule has 4 aromatic rings. The summed E-state index contributed by atoms with van der Waals surface area (Å²) in [6, 6.07) is 23.4. The van der Waals surface area contributed by atoms with Crippen LogP contribution in [0.3, 0.4) is 0 Å². The maximum atomic E-state index is 13.4. The number of hydrogen-bond donors (Lipinski definition) is 1. The molecule has 5 nitrogen and oxygen atoms in total. The molecule has 0 radical (unpaired) electrons. The third kappa shape index (κ3) is 5.39. The lowest BCUT2D eigenvalue weighted by Crippen LogP contribution is -2.24. The van der Waals surface area contributed by atoms with Crippen LogP contribution in [0.25, 0.3) is 5.69 Å². The lowest BCUT2D eigenvalue weighted by Gasteiger charge is -2.11. The number of nitrogens with zero attached hydrogens (tertiary/aromatic N) is 3. The summed E-state index contributed by atoms with van der Waals surface area (Å²) >= 11 is 5.01. The van der Waals surface area contributed by atoms with Crippen LogP contribution in [0.4, 0.5) is 4.39 Å². The predicted octanol–water partition coefficient (Wildman–Crippen LogP) is 5.39. The van der Waals surface area contributed by atoms with Gasteiger partial charge in [-0.05, 0) is 48.0 Å². The Hall–Kier alpha value is -2.97. The van der Waals surface area contributed by atoms with Gasteiger partial charge in [0.15, 0.2) is 11.0 Å². The normalized spacial score (nSPS) is 10.8. The molecule has 0 fully saturated rings. The second kappa shape index (κ2) is 9.89. The van der Waals surface area contributed by atoms with Crippen LogP contribution < -0.4 is 5.32 Å². The fourth-order valence-corrected chi connectivity index (χ4v) is 4.16. The molecule has 1 amide bonds. The van der Waals surface area contributed by atoms with Crippen molar-refractivity contribution in [2.45, 2.75) is 17.5 Å². The first-order valence-corrected chi connectivity index (χ1v) is 11.3. The molecule has 1 aromatic heterocycles. The smallest absolute Gasteiger partial charge is 0.251 e. The van der Waals surface area contributed by atoms with Gasteiger partial charge in [0.2, 0.25) is 0 Å². The molecule has 0 aliphatic carbocycles. The summed E-state index contributed by atoms with van der Waals surface area (Å²) in [6.45, 7) is 0.163. The van der Waals surface area contributed by atoms with E-state index in [1.165, 1.54) is 18.2 Å². The molecule has 0 aliphatic heterocycles. The van der Waals surface area contributed by atoms with Crippen LogP contribution in [0.2, 0.25) is 0 Å². The third-order valence-corrected chi connectivity index (χ3v) is 6.02. The first kappa shape index (κ1) is 21.3. The first-order valence-electron chi connectivity index (χ1n) is 9.51. The van der Waals surface area contributed by atoms with E-state index in [-0.39, 0.29) is 18.0 Å². The van der Waals surface area contributed by atoms with Gasteiger partial charge in [-0.1, -0.05) is 64.1 Å². The highest BCUT2D eigenvalue weighted by Gasteiger charge is 2.16. The fourth-order valence-electron chi connectivity index (χ4n) is 2.96. The minimum atomic E-state index is -0.452. The molecule has 1 heterocycles. The highest BCUT2D eigenvalue weighted by molar-refractivity contribution is 9.10. The molecular formula is C23H18BrFN4OS. The SMILES string of the molecule is O=C(NCc1nnc(SCc2ccc(Br)cc2)n1-c1ccccc1)c1cccc(F)c1. The number of para-hydroxylation sites is 1. The number of nitrogens with one attached hydrogen (secondary N) is 1. The van der Waals surface area contributed by atoms with Gasteiger partial charge in [0.05, 0.1) is 6.54 Å². The number of rotatable bonds is 7. The Bertz CT molecular complexity index is 1180. The maximum absolute atomic E-state index is 13.4. The van der Waals surface area contributed by atoms with Crippen molar-refractivity contribution >= 4 is 33.6 Å². The van der Waals surface area contributed by atoms with Gasteiger partial charge in [0.25, 0.3) is 5.91 Å². The van der Waals surface area contributed by atoms with Gasteiger partial charge in [0.1, 0.15) is 5.82 Å². The monoisotopic (exact) mass is 496 g/mol. The Morgan fingerprint density at radius 1 is 1.00 bits per heavy atom. The molecule has 8 heteroatoms. The van der Waals surface area contributed by atoms with E-state index >= 15 is 0 Å². The van der Waals surface area contributed by atoms with E-state index in [4.69, 9.17) is 0 Å². The molecule has 0 atom stereocenters. The molecular weight excluding hydrogens is 479 g/mol. The van der Waals surface area contributed by atoms with Crippen molar-refractivity contribution in [3.63, 3.8) is 0 Å². The van der Waals surface area contributed by atoms with E-state index in [2.05, 4.69) is 43.6 Å². The second-order valence-corrected chi connectivity index (χ2v) is 8.54. The average Bonchev–Trinajstić information content (AvgIpc) is 3.20. The molecule has 4 rings (SSSR count). The van der Waals surface area contributed by atoms with Gasteiger partial charge in [-0.3, -0.25) is 9.36 Å². The topological polar surface area (TPSA) is 59.8 Å². The van der Waals surface area contributed by atoms with Crippen molar-refractivity contribution in [2.24, 2.45) is 0 Å². The highest BCUT2D eigenvalue weighted by atomic mass is 79.9. The van der Waals surface area contributed by atoms with Crippen LogP contribution in [0, 0.1) is 5.82 Å². The van der Waals surface area contributed by atoms with Crippen LogP contribution in [-0.2, 0) is 12.3 Å². The molecule has 3 aromatic carbocycles. The lowest BCUT2D eigenvalue weighted by atomic mass is 10.2. The number of amides is 1. The predicted molar refractivity (Wildman–Crippen MR) is 123 cm³/mol. The zero-order valence-corrected chi connectivity index (χ0v) is 18.7. The summed E-state index contributed by atoms with van der Waals surface area (Å²) < 4.78 is 16.4. The van der Waals surface area contributed by atoms with Crippen molar-refractivity contribution in [3.05, 3.63) is 106 Å². The van der Waals surface area contributed by atoms with Crippen LogP contribution >= 0.6 is 27.7 Å². The molecule has 0 saturated carbocycles. The van der Waals surface area contributed by atoms with E-state index in [0.717, 1.165) is 26.6 Å². The summed E-state index contributed by atoms with van der Waals surface area (Å²) in [5, 5.41) is 12.2. The van der Waals surface area contributed by atoms with Crippen molar-refractivity contribution in [1.82, 2.24) is 20.1 Å². The minimum absolute atomic E-state index is 0.163. The van der Waals surface area contributed by atoms with E-state index in [1.54, 1.807) is 17.8 Å². The zero-order valence-electron chi connectivity index (χ0n) is 16.3. The number of thioether (sulfide) groups is 1. The summed E-state index contributed by atoms with van der Waals surface area (Å²) in [7, 11) is 0. The quantitative estimate of drug-likeness (QED) is 0.348. The second-order valence-electron chi connectivity index (χ2n) is 6.68. The van der Waals surface area contributed by atoms with Crippen molar-refractivity contribution in [3.8, 4) is 5.69 Å². The lowest BCUT2D eigenvalue weighted by molar-refractivity contribution is 0.0949. The number of hydrogen-bond acceptors (Lipinski definition) is 4. The van der Waals surface area contributed by atoms with Crippen LogP contribution in [-0.4, -0.2) is 20.7 Å². The van der Waals surface area contributed by atoms with Crippen molar-refractivity contribution < 1.29 is 9.18 Å². The Kier molecular flexibility index (Phi) is 6.79. The fraction of sp³-hybridized carbons (Fsp3) is 0.0870. The molecule has 0 saturated heterocycles. The number of carbonyl (C=O) groups excluding carboxylic acids is 1. The van der Waals surface area contributed by atoms with E-state index in [1.807, 2.05) is 47.0 Å². The zero-order chi connectivity index (χ0) is 21.6. The van der Waals surface area contributed by atoms with Gasteiger partial charge in [0, 0.05) is 21.5 Å². The summed E-state index contributed by atoms with van der Waals surface area (Å²) in [5.74, 6) is 0.501. The van der Waals surface area contributed by atoms with Gasteiger partial charge < -0.3 is 5.32 Å². The summed E-state index contributed by atoms with van der Waals surface area (Å²) in [5.41, 5.74) is 2.33. The largest absolute Gasteiger partial charge is 0.345 e. The minimum Gasteiger partial charge on any atom is -0.345 e. The van der Waals surface area contributed by atoms with E-state index in [9.17, 15) is 9.18 Å². The number of benzene rings is 3. The maximum Gasteiger partial charge on any atom is 0.251 e. The van der Waals surface area contributed by atoms with Crippen LogP contribution in [0.15, 0.2) is 88.5 Å². The number of aromatic nitrogens is 3. The van der Waals surface area contributed by atoms with E-state index in [0.29, 0.717) is 5.82 Å². The molecule has 0 spiro atoms.